The second-order valence-electron chi connectivity index (χ2n) is 4.68. The number of rotatable bonds is 5. The van der Waals surface area contributed by atoms with Gasteiger partial charge in [0.25, 0.3) is 0 Å². The number of carboxylic acids is 1. The molecule has 8 nitrogen and oxygen atoms in total. The second kappa shape index (κ2) is 6.93. The van der Waals surface area contributed by atoms with Crippen LogP contribution in [-0.2, 0) is 9.59 Å². The number of likely N-dealkylation sites (tertiary alicyclic amines) is 1. The molecule has 0 bridgehead atoms. The fraction of sp³-hybridized carbons (Fsp3) is 0.727. The number of nitrogens with zero attached hydrogens (tertiary/aromatic N) is 2. The summed E-state index contributed by atoms with van der Waals surface area (Å²) in [5, 5.41) is 13.0. The molecule has 0 spiro atoms. The molecule has 1 aliphatic rings. The SMILES string of the molecule is CN(C)C1CCN(C(=O)NCC(=O)NCC(=O)O)C1. The van der Waals surface area contributed by atoms with Gasteiger partial charge in [-0.2, -0.15) is 0 Å². The molecular weight excluding hydrogens is 252 g/mol. The van der Waals surface area contributed by atoms with Gasteiger partial charge in [0.1, 0.15) is 6.54 Å². The Kier molecular flexibility index (Phi) is 5.56. The average molecular weight is 272 g/mol. The molecule has 108 valence electrons. The van der Waals surface area contributed by atoms with E-state index in [4.69, 9.17) is 5.11 Å². The lowest BCUT2D eigenvalue weighted by molar-refractivity contribution is -0.137. The maximum Gasteiger partial charge on any atom is 0.322 e. The number of likely N-dealkylation sites (N-methyl/N-ethyl adjacent to an activating group) is 1. The number of carboxylic acid groups (broad SMARTS) is 1. The highest BCUT2D eigenvalue weighted by atomic mass is 16.4. The van der Waals surface area contributed by atoms with Crippen LogP contribution in [0.5, 0.6) is 0 Å². The Morgan fingerprint density at radius 2 is 1.95 bits per heavy atom. The molecule has 1 aliphatic heterocycles. The minimum atomic E-state index is -1.12. The van der Waals surface area contributed by atoms with Gasteiger partial charge in [-0.05, 0) is 20.5 Å². The van der Waals surface area contributed by atoms with Gasteiger partial charge in [-0.25, -0.2) is 4.79 Å². The van der Waals surface area contributed by atoms with Gasteiger partial charge in [0.2, 0.25) is 5.91 Å². The molecule has 1 unspecified atom stereocenters. The van der Waals surface area contributed by atoms with Crippen molar-refractivity contribution < 1.29 is 19.5 Å². The number of amides is 3. The predicted octanol–water partition coefficient (Wildman–Crippen LogP) is -1.47. The van der Waals surface area contributed by atoms with Crippen LogP contribution in [0.4, 0.5) is 4.79 Å². The molecule has 19 heavy (non-hydrogen) atoms. The number of urea groups is 1. The monoisotopic (exact) mass is 272 g/mol. The molecule has 1 heterocycles. The highest BCUT2D eigenvalue weighted by molar-refractivity contribution is 5.86. The second-order valence-corrected chi connectivity index (χ2v) is 4.68. The summed E-state index contributed by atoms with van der Waals surface area (Å²) in [7, 11) is 3.93. The van der Waals surface area contributed by atoms with E-state index in [0.717, 1.165) is 6.42 Å². The summed E-state index contributed by atoms with van der Waals surface area (Å²) < 4.78 is 0. The van der Waals surface area contributed by atoms with Gasteiger partial charge in [0.15, 0.2) is 0 Å². The van der Waals surface area contributed by atoms with Crippen molar-refractivity contribution in [3.63, 3.8) is 0 Å². The third-order valence-corrected chi connectivity index (χ3v) is 3.02. The molecule has 1 fully saturated rings. The first kappa shape index (κ1) is 15.2. The Balaban J connectivity index is 2.25. The van der Waals surface area contributed by atoms with Crippen molar-refractivity contribution in [3.05, 3.63) is 0 Å². The van der Waals surface area contributed by atoms with E-state index in [0.29, 0.717) is 19.1 Å². The quantitative estimate of drug-likeness (QED) is 0.567. The standard InChI is InChI=1S/C11H20N4O4/c1-14(2)8-3-4-15(7-8)11(19)13-5-9(16)12-6-10(17)18/h8H,3-7H2,1-2H3,(H,12,16)(H,13,19)(H,17,18). The van der Waals surface area contributed by atoms with Crippen LogP contribution in [0.1, 0.15) is 6.42 Å². The molecule has 0 aromatic heterocycles. The summed E-state index contributed by atoms with van der Waals surface area (Å²) in [6, 6.07) is 0.0430. The van der Waals surface area contributed by atoms with Crippen molar-refractivity contribution in [1.29, 1.82) is 0 Å². The van der Waals surface area contributed by atoms with Gasteiger partial charge in [-0.1, -0.05) is 0 Å². The maximum absolute atomic E-state index is 11.8. The van der Waals surface area contributed by atoms with Crippen LogP contribution in [-0.4, -0.2) is 79.1 Å². The molecule has 3 amide bonds. The van der Waals surface area contributed by atoms with Gasteiger partial charge >= 0.3 is 12.0 Å². The van der Waals surface area contributed by atoms with Crippen molar-refractivity contribution in [3.8, 4) is 0 Å². The smallest absolute Gasteiger partial charge is 0.322 e. The topological polar surface area (TPSA) is 102 Å². The Bertz CT molecular complexity index is 359. The minimum Gasteiger partial charge on any atom is -0.480 e. The first-order valence-electron chi connectivity index (χ1n) is 6.08. The van der Waals surface area contributed by atoms with Gasteiger partial charge in [0, 0.05) is 19.1 Å². The van der Waals surface area contributed by atoms with E-state index in [1.807, 2.05) is 14.1 Å². The van der Waals surface area contributed by atoms with Crippen LogP contribution in [0.3, 0.4) is 0 Å². The van der Waals surface area contributed by atoms with Gasteiger partial charge in [0.05, 0.1) is 6.54 Å². The van der Waals surface area contributed by atoms with Crippen molar-refractivity contribution in [1.82, 2.24) is 20.4 Å². The zero-order chi connectivity index (χ0) is 14.4. The molecule has 0 radical (unpaired) electrons. The minimum absolute atomic E-state index is 0.213. The van der Waals surface area contributed by atoms with Crippen LogP contribution < -0.4 is 10.6 Å². The Morgan fingerprint density at radius 1 is 1.26 bits per heavy atom. The Labute approximate surface area is 111 Å². The molecule has 0 saturated carbocycles. The highest BCUT2D eigenvalue weighted by Crippen LogP contribution is 2.12. The molecule has 1 saturated heterocycles. The number of hydrogen-bond donors (Lipinski definition) is 3. The van der Waals surface area contributed by atoms with Crippen molar-refractivity contribution in [2.24, 2.45) is 0 Å². The van der Waals surface area contributed by atoms with Crippen molar-refractivity contribution in [2.75, 3.05) is 40.3 Å². The van der Waals surface area contributed by atoms with Crippen LogP contribution in [0.15, 0.2) is 0 Å². The summed E-state index contributed by atoms with van der Waals surface area (Å²) in [6.45, 7) is 0.636. The summed E-state index contributed by atoms with van der Waals surface area (Å²) >= 11 is 0. The largest absolute Gasteiger partial charge is 0.480 e. The van der Waals surface area contributed by atoms with Crippen molar-refractivity contribution >= 4 is 17.9 Å². The fourth-order valence-electron chi connectivity index (χ4n) is 1.85. The van der Waals surface area contributed by atoms with E-state index in [1.54, 1.807) is 4.90 Å². The Morgan fingerprint density at radius 3 is 2.47 bits per heavy atom. The lowest BCUT2D eigenvalue weighted by Crippen LogP contribution is -2.45. The summed E-state index contributed by atoms with van der Waals surface area (Å²) in [6.07, 6.45) is 0.908. The number of hydrogen-bond acceptors (Lipinski definition) is 4. The van der Waals surface area contributed by atoms with Crippen LogP contribution in [0.25, 0.3) is 0 Å². The van der Waals surface area contributed by atoms with E-state index in [1.165, 1.54) is 0 Å². The van der Waals surface area contributed by atoms with Gasteiger partial charge < -0.3 is 25.5 Å². The third kappa shape index (κ3) is 5.12. The van der Waals surface area contributed by atoms with Crippen LogP contribution in [0, 0.1) is 0 Å². The number of nitrogens with one attached hydrogen (secondary N) is 2. The van der Waals surface area contributed by atoms with Crippen LogP contribution >= 0.6 is 0 Å². The molecular formula is C11H20N4O4. The van der Waals surface area contributed by atoms with E-state index >= 15 is 0 Å². The van der Waals surface area contributed by atoms with E-state index in [2.05, 4.69) is 15.5 Å². The first-order valence-corrected chi connectivity index (χ1v) is 6.08. The lowest BCUT2D eigenvalue weighted by Gasteiger charge is -2.20. The predicted molar refractivity (Wildman–Crippen MR) is 67.7 cm³/mol. The fourth-order valence-corrected chi connectivity index (χ4v) is 1.85. The highest BCUT2D eigenvalue weighted by Gasteiger charge is 2.27. The molecule has 0 aromatic carbocycles. The zero-order valence-corrected chi connectivity index (χ0v) is 11.2. The van der Waals surface area contributed by atoms with Crippen molar-refractivity contribution in [2.45, 2.75) is 12.5 Å². The van der Waals surface area contributed by atoms with Crippen LogP contribution in [0.2, 0.25) is 0 Å². The van der Waals surface area contributed by atoms with E-state index < -0.39 is 18.4 Å². The summed E-state index contributed by atoms with van der Waals surface area (Å²) in [4.78, 5) is 36.9. The number of aliphatic carboxylic acids is 1. The maximum atomic E-state index is 11.8. The number of carbonyl (C=O) groups is 3. The zero-order valence-electron chi connectivity index (χ0n) is 11.2. The first-order chi connectivity index (χ1) is 8.90. The molecule has 0 aromatic rings. The van der Waals surface area contributed by atoms with E-state index in [9.17, 15) is 14.4 Å². The average Bonchev–Trinajstić information content (AvgIpc) is 2.83. The van der Waals surface area contributed by atoms with Gasteiger partial charge in [-0.3, -0.25) is 9.59 Å². The third-order valence-electron chi connectivity index (χ3n) is 3.02. The molecule has 1 atom stereocenters. The molecule has 0 aliphatic carbocycles. The molecule has 3 N–H and O–H groups in total. The number of carbonyl (C=O) groups excluding carboxylic acids is 2. The van der Waals surface area contributed by atoms with E-state index in [-0.39, 0.29) is 12.6 Å². The molecule has 8 heteroatoms. The summed E-state index contributed by atoms with van der Waals surface area (Å²) in [5.74, 6) is -1.63. The Hall–Kier alpha value is -1.83. The normalized spacial score (nSPS) is 18.5. The van der Waals surface area contributed by atoms with Gasteiger partial charge in [-0.15, -0.1) is 0 Å². The summed E-state index contributed by atoms with van der Waals surface area (Å²) in [5.41, 5.74) is 0. The lowest BCUT2D eigenvalue weighted by atomic mass is 10.2. The molecule has 1 rings (SSSR count).